The zero-order chi connectivity index (χ0) is 20.6. The molecule has 3 aromatic carbocycles. The van der Waals surface area contributed by atoms with Crippen molar-refractivity contribution in [3.63, 3.8) is 0 Å². The van der Waals surface area contributed by atoms with Crippen molar-refractivity contribution < 1.29 is 8.42 Å². The Balaban J connectivity index is 1.74. The van der Waals surface area contributed by atoms with Gasteiger partial charge in [-0.25, -0.2) is 13.4 Å². The molecule has 8 heteroatoms. The van der Waals surface area contributed by atoms with Gasteiger partial charge in [-0.15, -0.1) is 11.3 Å². The van der Waals surface area contributed by atoms with Gasteiger partial charge in [0.1, 0.15) is 4.90 Å². The number of fused-ring (bicyclic) bond motifs is 1. The summed E-state index contributed by atoms with van der Waals surface area (Å²) in [7, 11) is -0.0353. The molecule has 4 aromatic rings. The van der Waals surface area contributed by atoms with E-state index in [1.54, 1.807) is 36.4 Å². The summed E-state index contributed by atoms with van der Waals surface area (Å²) >= 11 is 1.34. The topological polar surface area (TPSA) is 88.3 Å². The first kappa shape index (κ1) is 19.1. The van der Waals surface area contributed by atoms with Crippen LogP contribution in [0.1, 0.15) is 0 Å². The van der Waals surface area contributed by atoms with Crippen LogP contribution in [-0.2, 0) is 10.0 Å². The Labute approximate surface area is 173 Å². The van der Waals surface area contributed by atoms with Gasteiger partial charge in [0.15, 0.2) is 5.13 Å². The molecule has 0 atom stereocenters. The Morgan fingerprint density at radius 1 is 1.17 bits per heavy atom. The fourth-order valence-corrected chi connectivity index (χ4v) is 4.90. The van der Waals surface area contributed by atoms with E-state index in [1.807, 2.05) is 36.5 Å². The lowest BCUT2D eigenvalue weighted by Crippen LogP contribution is -2.14. The van der Waals surface area contributed by atoms with Crippen LogP contribution in [0.25, 0.3) is 22.0 Å². The minimum absolute atomic E-state index is 0.151. The van der Waals surface area contributed by atoms with Gasteiger partial charge in [0, 0.05) is 42.2 Å². The van der Waals surface area contributed by atoms with E-state index < -0.39 is 10.0 Å². The third kappa shape index (κ3) is 3.70. The molecular formula is C21H18N4O2S2. The number of aromatic nitrogens is 1. The molecule has 1 heterocycles. The Kier molecular flexibility index (Phi) is 4.78. The standard InChI is InChI=1S/C21H18N4O2S2/c1-25(2)19-10-4-9-17-16(19)8-5-11-20(17)29(26,27)24-15-7-3-6-14(12-15)18-13-28-21(22)23-18/h3,5-8,10-13,24H,1-2H3,(H2,22,23). The summed E-state index contributed by atoms with van der Waals surface area (Å²) in [6.45, 7) is 0. The Hall–Kier alpha value is -3.28. The van der Waals surface area contributed by atoms with Crippen LogP contribution in [0.3, 0.4) is 0 Å². The zero-order valence-corrected chi connectivity index (χ0v) is 17.4. The van der Waals surface area contributed by atoms with E-state index in [1.165, 1.54) is 11.3 Å². The van der Waals surface area contributed by atoms with Gasteiger partial charge in [0.2, 0.25) is 0 Å². The average molecular weight is 423 g/mol. The summed E-state index contributed by atoms with van der Waals surface area (Å²) in [5, 5.41) is 3.59. The Morgan fingerprint density at radius 3 is 2.69 bits per heavy atom. The van der Waals surface area contributed by atoms with Crippen LogP contribution in [0, 0.1) is 12.1 Å². The number of hydrogen-bond donors (Lipinski definition) is 2. The van der Waals surface area contributed by atoms with Crippen molar-refractivity contribution >= 4 is 48.6 Å². The van der Waals surface area contributed by atoms with Crippen molar-refractivity contribution in [2.45, 2.75) is 4.90 Å². The molecule has 0 bridgehead atoms. The summed E-state index contributed by atoms with van der Waals surface area (Å²) in [6, 6.07) is 19.9. The van der Waals surface area contributed by atoms with Crippen LogP contribution in [0.2, 0.25) is 0 Å². The lowest BCUT2D eigenvalue weighted by Gasteiger charge is -2.15. The van der Waals surface area contributed by atoms with Crippen molar-refractivity contribution in [1.82, 2.24) is 4.98 Å². The second-order valence-corrected chi connectivity index (χ2v) is 9.17. The van der Waals surface area contributed by atoms with E-state index in [4.69, 9.17) is 5.73 Å². The average Bonchev–Trinajstić information content (AvgIpc) is 3.13. The lowest BCUT2D eigenvalue weighted by molar-refractivity contribution is 0.602. The smallest absolute Gasteiger partial charge is 0.263 e. The molecule has 146 valence electrons. The number of sulfonamides is 1. The van der Waals surface area contributed by atoms with Crippen LogP contribution in [0.15, 0.2) is 58.8 Å². The molecule has 3 N–H and O–H groups in total. The van der Waals surface area contributed by atoms with Crippen molar-refractivity contribution in [1.29, 1.82) is 0 Å². The molecule has 0 fully saturated rings. The van der Waals surface area contributed by atoms with Crippen molar-refractivity contribution in [2.75, 3.05) is 29.5 Å². The summed E-state index contributed by atoms with van der Waals surface area (Å²) in [5.41, 5.74) is 8.51. The van der Waals surface area contributed by atoms with Crippen LogP contribution < -0.4 is 15.4 Å². The van der Waals surface area contributed by atoms with Crippen molar-refractivity contribution in [3.8, 4) is 11.3 Å². The van der Waals surface area contributed by atoms with Gasteiger partial charge in [0.05, 0.1) is 16.8 Å². The molecule has 6 nitrogen and oxygen atoms in total. The maximum atomic E-state index is 13.2. The highest BCUT2D eigenvalue weighted by atomic mass is 32.2. The molecule has 0 radical (unpaired) electrons. The number of nitrogens with one attached hydrogen (secondary N) is 1. The molecule has 0 saturated heterocycles. The molecule has 0 aliphatic carbocycles. The third-order valence-corrected chi connectivity index (χ3v) is 6.51. The molecule has 0 unspecified atom stereocenters. The van der Waals surface area contributed by atoms with Crippen LogP contribution in [0.4, 0.5) is 16.5 Å². The van der Waals surface area contributed by atoms with Gasteiger partial charge in [0.25, 0.3) is 10.0 Å². The largest absolute Gasteiger partial charge is 0.377 e. The highest BCUT2D eigenvalue weighted by molar-refractivity contribution is 7.93. The van der Waals surface area contributed by atoms with Crippen LogP contribution in [0.5, 0.6) is 0 Å². The van der Waals surface area contributed by atoms with Crippen LogP contribution >= 0.6 is 11.3 Å². The molecule has 1 aromatic heterocycles. The number of anilines is 3. The van der Waals surface area contributed by atoms with Gasteiger partial charge in [-0.3, -0.25) is 4.72 Å². The van der Waals surface area contributed by atoms with Gasteiger partial charge in [-0.05, 0) is 18.2 Å². The summed E-state index contributed by atoms with van der Waals surface area (Å²) in [5.74, 6) is 0. The fraction of sp³-hybridized carbons (Fsp3) is 0.0952. The van der Waals surface area contributed by atoms with Gasteiger partial charge >= 0.3 is 0 Å². The summed E-state index contributed by atoms with van der Waals surface area (Å²) in [4.78, 5) is 6.32. The number of benzene rings is 2. The number of nitrogen functional groups attached to an aromatic ring is 1. The third-order valence-electron chi connectivity index (χ3n) is 4.41. The predicted molar refractivity (Wildman–Crippen MR) is 119 cm³/mol. The highest BCUT2D eigenvalue weighted by Crippen LogP contribution is 2.30. The van der Waals surface area contributed by atoms with Crippen LogP contribution in [-0.4, -0.2) is 27.5 Å². The molecule has 0 saturated carbocycles. The number of nitrogens with two attached hydrogens (primary N) is 1. The van der Waals surface area contributed by atoms with E-state index in [2.05, 4.69) is 21.8 Å². The summed E-state index contributed by atoms with van der Waals surface area (Å²) in [6.07, 6.45) is 0. The molecule has 0 spiro atoms. The monoisotopic (exact) mass is 422 g/mol. The first-order chi connectivity index (χ1) is 13.8. The lowest BCUT2D eigenvalue weighted by atomic mass is 10.1. The molecule has 0 amide bonds. The molecular weight excluding hydrogens is 404 g/mol. The minimum Gasteiger partial charge on any atom is -0.377 e. The second kappa shape index (κ2) is 7.28. The quantitative estimate of drug-likeness (QED) is 0.507. The first-order valence-corrected chi connectivity index (χ1v) is 11.1. The Morgan fingerprint density at radius 2 is 1.97 bits per heavy atom. The van der Waals surface area contributed by atoms with Gasteiger partial charge in [-0.2, -0.15) is 0 Å². The van der Waals surface area contributed by atoms with Crippen molar-refractivity contribution in [3.05, 3.63) is 66.0 Å². The highest BCUT2D eigenvalue weighted by Gasteiger charge is 2.19. The maximum Gasteiger partial charge on any atom is 0.263 e. The van der Waals surface area contributed by atoms with E-state index in [0.29, 0.717) is 21.9 Å². The number of thiazole rings is 1. The predicted octanol–water partition coefficient (Wildman–Crippen LogP) is 4.01. The van der Waals surface area contributed by atoms with Gasteiger partial charge in [-0.1, -0.05) is 36.4 Å². The van der Waals surface area contributed by atoms with E-state index in [0.717, 1.165) is 16.6 Å². The van der Waals surface area contributed by atoms with E-state index in [9.17, 15) is 8.42 Å². The zero-order valence-electron chi connectivity index (χ0n) is 15.8. The van der Waals surface area contributed by atoms with E-state index >= 15 is 0 Å². The second-order valence-electron chi connectivity index (χ2n) is 6.63. The minimum atomic E-state index is -3.84. The van der Waals surface area contributed by atoms with E-state index in [-0.39, 0.29) is 4.90 Å². The Bertz CT molecular complexity index is 1300. The fourth-order valence-electron chi connectivity index (χ4n) is 3.09. The number of rotatable bonds is 5. The number of hydrogen-bond acceptors (Lipinski definition) is 6. The molecule has 4 rings (SSSR count). The molecule has 0 aliphatic rings. The molecule has 29 heavy (non-hydrogen) atoms. The summed E-state index contributed by atoms with van der Waals surface area (Å²) < 4.78 is 29.0. The normalized spacial score (nSPS) is 11.2. The van der Waals surface area contributed by atoms with Gasteiger partial charge < -0.3 is 10.6 Å². The maximum absolute atomic E-state index is 13.2. The number of nitrogens with zero attached hydrogens (tertiary/aromatic N) is 2. The first-order valence-electron chi connectivity index (χ1n) is 8.72. The van der Waals surface area contributed by atoms with Crippen molar-refractivity contribution in [2.24, 2.45) is 0 Å². The SMILES string of the molecule is CN(C)c1cc#cc2c(S(=O)(=O)Nc3cccc(-c4csc(N)n4)c3)cccc12. The molecule has 0 aliphatic heterocycles.